The van der Waals surface area contributed by atoms with Gasteiger partial charge in [0.25, 0.3) is 0 Å². The fraction of sp³-hybridized carbons (Fsp3) is 0.300. The summed E-state index contributed by atoms with van der Waals surface area (Å²) in [5, 5.41) is 8.51. The van der Waals surface area contributed by atoms with Gasteiger partial charge >= 0.3 is 6.18 Å². The van der Waals surface area contributed by atoms with Gasteiger partial charge in [-0.3, -0.25) is 0 Å². The molecule has 1 aromatic carbocycles. The summed E-state index contributed by atoms with van der Waals surface area (Å²) in [7, 11) is 1.28. The van der Waals surface area contributed by atoms with Crippen molar-refractivity contribution in [1.29, 1.82) is 5.26 Å². The zero-order chi connectivity index (χ0) is 12.3. The van der Waals surface area contributed by atoms with Crippen molar-refractivity contribution < 1.29 is 17.9 Å². The van der Waals surface area contributed by atoms with Crippen LogP contribution in [-0.2, 0) is 12.6 Å². The second-order valence-electron chi connectivity index (χ2n) is 2.98. The zero-order valence-corrected chi connectivity index (χ0v) is 9.82. The molecule has 0 spiro atoms. The van der Waals surface area contributed by atoms with Crippen molar-refractivity contribution >= 4 is 15.9 Å². The lowest BCUT2D eigenvalue weighted by molar-refractivity contribution is -0.138. The summed E-state index contributed by atoms with van der Waals surface area (Å²) in [6.45, 7) is 0. The molecule has 0 radical (unpaired) electrons. The molecular formula is C10H7BrF3NO. The van der Waals surface area contributed by atoms with Gasteiger partial charge in [-0.2, -0.15) is 18.4 Å². The molecule has 0 bridgehead atoms. The number of alkyl halides is 3. The van der Waals surface area contributed by atoms with E-state index in [-0.39, 0.29) is 22.2 Å². The highest BCUT2D eigenvalue weighted by atomic mass is 79.9. The molecule has 1 aromatic rings. The minimum absolute atomic E-state index is 0.0841. The molecule has 6 heteroatoms. The Morgan fingerprint density at radius 1 is 1.44 bits per heavy atom. The van der Waals surface area contributed by atoms with E-state index >= 15 is 0 Å². The second-order valence-corrected chi connectivity index (χ2v) is 3.77. The first-order valence-corrected chi connectivity index (χ1v) is 5.00. The zero-order valence-electron chi connectivity index (χ0n) is 8.23. The normalized spacial score (nSPS) is 11.0. The first-order valence-electron chi connectivity index (χ1n) is 4.20. The maximum Gasteiger partial charge on any atom is 0.417 e. The van der Waals surface area contributed by atoms with Gasteiger partial charge in [0, 0.05) is 4.47 Å². The molecule has 0 aliphatic carbocycles. The highest BCUT2D eigenvalue weighted by molar-refractivity contribution is 9.10. The molecule has 0 N–H and O–H groups in total. The van der Waals surface area contributed by atoms with Gasteiger partial charge in [-0.15, -0.1) is 0 Å². The Morgan fingerprint density at radius 2 is 2.06 bits per heavy atom. The van der Waals surface area contributed by atoms with Crippen LogP contribution in [0.2, 0.25) is 0 Å². The monoisotopic (exact) mass is 293 g/mol. The van der Waals surface area contributed by atoms with Gasteiger partial charge in [0.15, 0.2) is 0 Å². The SMILES string of the molecule is COc1cc(CC#N)c(Br)c(C(F)(F)F)c1. The van der Waals surface area contributed by atoms with Crippen molar-refractivity contribution in [2.24, 2.45) is 0 Å². The molecule has 0 saturated carbocycles. The lowest BCUT2D eigenvalue weighted by Crippen LogP contribution is -2.08. The molecule has 0 aliphatic rings. The fourth-order valence-corrected chi connectivity index (χ4v) is 1.79. The van der Waals surface area contributed by atoms with Crippen LogP contribution in [0.1, 0.15) is 11.1 Å². The summed E-state index contributed by atoms with van der Waals surface area (Å²) in [5.74, 6) is 0.0841. The molecule has 0 atom stereocenters. The smallest absolute Gasteiger partial charge is 0.417 e. The van der Waals surface area contributed by atoms with Crippen LogP contribution in [0.15, 0.2) is 16.6 Å². The highest BCUT2D eigenvalue weighted by Crippen LogP contribution is 2.39. The summed E-state index contributed by atoms with van der Waals surface area (Å²) < 4.78 is 42.5. The fourth-order valence-electron chi connectivity index (χ4n) is 1.19. The van der Waals surface area contributed by atoms with Crippen LogP contribution in [0.5, 0.6) is 5.75 Å². The van der Waals surface area contributed by atoms with Crippen LogP contribution in [0.3, 0.4) is 0 Å². The van der Waals surface area contributed by atoms with Crippen molar-refractivity contribution in [1.82, 2.24) is 0 Å². The third kappa shape index (κ3) is 2.67. The molecular weight excluding hydrogens is 287 g/mol. The summed E-state index contributed by atoms with van der Waals surface area (Å²) >= 11 is 2.85. The predicted molar refractivity (Wildman–Crippen MR) is 55.0 cm³/mol. The Bertz CT molecular complexity index is 437. The van der Waals surface area contributed by atoms with Crippen LogP contribution in [0.25, 0.3) is 0 Å². The third-order valence-electron chi connectivity index (χ3n) is 1.93. The van der Waals surface area contributed by atoms with Gasteiger partial charge < -0.3 is 4.74 Å². The topological polar surface area (TPSA) is 33.0 Å². The summed E-state index contributed by atoms with van der Waals surface area (Å²) in [5.41, 5.74) is -0.578. The maximum absolute atomic E-state index is 12.6. The average Bonchev–Trinajstić information content (AvgIpc) is 2.19. The molecule has 0 saturated heterocycles. The van der Waals surface area contributed by atoms with Gasteiger partial charge in [0.1, 0.15) is 5.75 Å². The number of benzene rings is 1. The number of nitrogens with zero attached hydrogens (tertiary/aromatic N) is 1. The first-order chi connectivity index (χ1) is 7.40. The van der Waals surface area contributed by atoms with Crippen LogP contribution < -0.4 is 4.74 Å². The molecule has 0 amide bonds. The van der Waals surface area contributed by atoms with E-state index in [1.54, 1.807) is 6.07 Å². The minimum atomic E-state index is -4.47. The van der Waals surface area contributed by atoms with Gasteiger partial charge in [0.05, 0.1) is 25.2 Å². The number of hydrogen-bond acceptors (Lipinski definition) is 2. The van der Waals surface area contributed by atoms with Gasteiger partial charge in [-0.25, -0.2) is 0 Å². The minimum Gasteiger partial charge on any atom is -0.497 e. The Balaban J connectivity index is 3.38. The summed E-state index contributed by atoms with van der Waals surface area (Å²) in [6, 6.07) is 4.10. The van der Waals surface area contributed by atoms with E-state index in [2.05, 4.69) is 15.9 Å². The molecule has 0 aliphatic heterocycles. The second kappa shape index (κ2) is 4.74. The Kier molecular flexibility index (Phi) is 3.81. The van der Waals surface area contributed by atoms with Crippen molar-refractivity contribution in [3.8, 4) is 11.8 Å². The molecule has 1 rings (SSSR count). The molecule has 0 unspecified atom stereocenters. The van der Waals surface area contributed by atoms with E-state index in [4.69, 9.17) is 10.00 Å². The number of hydrogen-bond donors (Lipinski definition) is 0. The van der Waals surface area contributed by atoms with E-state index in [0.717, 1.165) is 6.07 Å². The van der Waals surface area contributed by atoms with Crippen molar-refractivity contribution in [2.45, 2.75) is 12.6 Å². The molecule has 2 nitrogen and oxygen atoms in total. The van der Waals surface area contributed by atoms with Crippen LogP contribution in [0.4, 0.5) is 13.2 Å². The number of halogens is 4. The lowest BCUT2D eigenvalue weighted by Gasteiger charge is -2.13. The van der Waals surface area contributed by atoms with Gasteiger partial charge in [0.2, 0.25) is 0 Å². The largest absolute Gasteiger partial charge is 0.497 e. The third-order valence-corrected chi connectivity index (χ3v) is 2.87. The van der Waals surface area contributed by atoms with Crippen molar-refractivity contribution in [3.63, 3.8) is 0 Å². The van der Waals surface area contributed by atoms with Crippen LogP contribution >= 0.6 is 15.9 Å². The summed E-state index contributed by atoms with van der Waals surface area (Å²) in [6.07, 6.45) is -4.58. The van der Waals surface area contributed by atoms with E-state index in [1.165, 1.54) is 13.2 Å². The van der Waals surface area contributed by atoms with Crippen LogP contribution in [0, 0.1) is 11.3 Å². The number of rotatable bonds is 2. The van der Waals surface area contributed by atoms with Crippen molar-refractivity contribution in [3.05, 3.63) is 27.7 Å². The molecule has 86 valence electrons. The molecule has 0 fully saturated rings. The van der Waals surface area contributed by atoms with E-state index < -0.39 is 11.7 Å². The maximum atomic E-state index is 12.6. The quantitative estimate of drug-likeness (QED) is 0.835. The molecule has 16 heavy (non-hydrogen) atoms. The molecule has 0 aromatic heterocycles. The Labute approximate surface area is 98.8 Å². The summed E-state index contributed by atoms with van der Waals surface area (Å²) in [4.78, 5) is 0. The van der Waals surface area contributed by atoms with E-state index in [1.807, 2.05) is 0 Å². The standard InChI is InChI=1S/C10H7BrF3NO/c1-16-7-4-6(2-3-15)9(11)8(5-7)10(12,13)14/h4-5H,2H2,1H3. The van der Waals surface area contributed by atoms with Gasteiger partial charge in [-0.1, -0.05) is 0 Å². The Morgan fingerprint density at radius 3 is 2.50 bits per heavy atom. The van der Waals surface area contributed by atoms with E-state index in [0.29, 0.717) is 0 Å². The van der Waals surface area contributed by atoms with Crippen molar-refractivity contribution in [2.75, 3.05) is 7.11 Å². The van der Waals surface area contributed by atoms with E-state index in [9.17, 15) is 13.2 Å². The predicted octanol–water partition coefficient (Wildman–Crippen LogP) is 3.54. The average molecular weight is 294 g/mol. The number of methoxy groups -OCH3 is 1. The van der Waals surface area contributed by atoms with Crippen LogP contribution in [-0.4, -0.2) is 7.11 Å². The number of nitriles is 1. The highest BCUT2D eigenvalue weighted by Gasteiger charge is 2.34. The first kappa shape index (κ1) is 12.8. The lowest BCUT2D eigenvalue weighted by atomic mass is 10.1. The Hall–Kier alpha value is -1.22. The number of ether oxygens (including phenoxy) is 1. The van der Waals surface area contributed by atoms with Gasteiger partial charge in [-0.05, 0) is 33.6 Å². The molecule has 0 heterocycles.